The summed E-state index contributed by atoms with van der Waals surface area (Å²) in [6.07, 6.45) is 5.96. The Morgan fingerprint density at radius 1 is 0.394 bits per heavy atom. The van der Waals surface area contributed by atoms with Gasteiger partial charge in [0.25, 0.3) is 0 Å². The van der Waals surface area contributed by atoms with Gasteiger partial charge in [0, 0.05) is 63.2 Å². The van der Waals surface area contributed by atoms with Crippen LogP contribution < -0.4 is 4.90 Å². The molecule has 0 radical (unpaired) electrons. The minimum absolute atomic E-state index is 0.537. The van der Waals surface area contributed by atoms with Crippen molar-refractivity contribution in [3.63, 3.8) is 0 Å². The van der Waals surface area contributed by atoms with E-state index in [1.165, 1.54) is 60.6 Å². The van der Waals surface area contributed by atoms with Crippen molar-refractivity contribution in [2.75, 3.05) is 4.90 Å². The lowest BCUT2D eigenvalue weighted by atomic mass is 9.67. The zero-order valence-corrected chi connectivity index (χ0v) is 36.0. The van der Waals surface area contributed by atoms with Crippen molar-refractivity contribution in [2.45, 2.75) is 5.41 Å². The first-order chi connectivity index (χ1) is 32.8. The summed E-state index contributed by atoms with van der Waals surface area (Å²) in [4.78, 5) is 6.87. The molecule has 12 aromatic rings. The molecule has 310 valence electrons. The first-order valence-corrected chi connectivity index (χ1v) is 22.6. The average Bonchev–Trinajstić information content (AvgIpc) is 4.07. The van der Waals surface area contributed by atoms with Crippen LogP contribution in [0.25, 0.3) is 66.3 Å². The number of nitrogens with zero attached hydrogens (tertiary/aromatic N) is 4. The van der Waals surface area contributed by atoms with Gasteiger partial charge in [0.1, 0.15) is 0 Å². The third kappa shape index (κ3) is 5.75. The first kappa shape index (κ1) is 37.8. The van der Waals surface area contributed by atoms with Gasteiger partial charge in [0.05, 0.1) is 22.0 Å². The molecule has 0 atom stereocenters. The van der Waals surface area contributed by atoms with E-state index in [2.05, 4.69) is 256 Å². The third-order valence-corrected chi connectivity index (χ3v) is 13.7. The van der Waals surface area contributed by atoms with Crippen molar-refractivity contribution in [3.05, 3.63) is 277 Å². The van der Waals surface area contributed by atoms with Crippen LogP contribution in [0.1, 0.15) is 22.3 Å². The van der Waals surface area contributed by atoms with E-state index >= 15 is 0 Å². The Kier molecular flexibility index (Phi) is 8.72. The molecule has 0 saturated heterocycles. The third-order valence-electron chi connectivity index (χ3n) is 13.7. The molecule has 0 saturated carbocycles. The molecule has 0 fully saturated rings. The quantitative estimate of drug-likeness (QED) is 0.152. The summed E-state index contributed by atoms with van der Waals surface area (Å²) in [7, 11) is 0. The van der Waals surface area contributed by atoms with Crippen LogP contribution in [0.3, 0.4) is 0 Å². The van der Waals surface area contributed by atoms with Gasteiger partial charge in [-0.2, -0.15) is 0 Å². The SMILES string of the molecule is c1ccc(-n2ccc3c4c5cc(N(c6ccc(-c7cccnc7)cc6)c6ccc7c(c6)C(c6ccccc6)(c6ccccc6)c6ccccc6-7)ccc5n(-c5ccccc5)c4ccc32)cc1. The lowest BCUT2D eigenvalue weighted by Crippen LogP contribution is -2.28. The summed E-state index contributed by atoms with van der Waals surface area (Å²) in [5, 5.41) is 3.63. The Morgan fingerprint density at radius 3 is 1.70 bits per heavy atom. The molecule has 9 aromatic carbocycles. The van der Waals surface area contributed by atoms with Crippen molar-refractivity contribution in [3.8, 4) is 33.6 Å². The van der Waals surface area contributed by atoms with Gasteiger partial charge in [0.2, 0.25) is 0 Å². The fourth-order valence-corrected chi connectivity index (χ4v) is 10.9. The lowest BCUT2D eigenvalue weighted by Gasteiger charge is -2.35. The van der Waals surface area contributed by atoms with Gasteiger partial charge in [0.15, 0.2) is 0 Å². The maximum atomic E-state index is 4.43. The van der Waals surface area contributed by atoms with Crippen LogP contribution >= 0.6 is 0 Å². The van der Waals surface area contributed by atoms with Crippen LogP contribution in [0.4, 0.5) is 17.1 Å². The molecule has 3 aromatic heterocycles. The molecule has 1 aliphatic carbocycles. The van der Waals surface area contributed by atoms with Crippen LogP contribution in [0.15, 0.2) is 255 Å². The zero-order chi connectivity index (χ0) is 43.6. The smallest absolute Gasteiger partial charge is 0.0714 e. The molecule has 66 heavy (non-hydrogen) atoms. The molecule has 0 spiro atoms. The molecule has 0 unspecified atom stereocenters. The molecule has 4 nitrogen and oxygen atoms in total. The van der Waals surface area contributed by atoms with Gasteiger partial charge in [-0.1, -0.05) is 146 Å². The largest absolute Gasteiger partial charge is 0.317 e. The van der Waals surface area contributed by atoms with E-state index in [1.54, 1.807) is 0 Å². The fourth-order valence-electron chi connectivity index (χ4n) is 10.9. The molecule has 0 N–H and O–H groups in total. The minimum Gasteiger partial charge on any atom is -0.317 e. The molecule has 4 heteroatoms. The second kappa shape index (κ2) is 15.2. The van der Waals surface area contributed by atoms with Crippen LogP contribution in [0.5, 0.6) is 0 Å². The number of fused-ring (bicyclic) bond motifs is 8. The van der Waals surface area contributed by atoms with Crippen molar-refractivity contribution in [1.29, 1.82) is 0 Å². The normalized spacial score (nSPS) is 12.7. The summed E-state index contributed by atoms with van der Waals surface area (Å²) in [5.74, 6) is 0. The van der Waals surface area contributed by atoms with Crippen LogP contribution in [-0.4, -0.2) is 14.1 Å². The van der Waals surface area contributed by atoms with E-state index in [0.717, 1.165) is 45.1 Å². The zero-order valence-electron chi connectivity index (χ0n) is 36.0. The van der Waals surface area contributed by atoms with Crippen molar-refractivity contribution < 1.29 is 0 Å². The van der Waals surface area contributed by atoms with Gasteiger partial charge in [-0.15, -0.1) is 0 Å². The van der Waals surface area contributed by atoms with E-state index < -0.39 is 5.41 Å². The maximum absolute atomic E-state index is 4.43. The highest BCUT2D eigenvalue weighted by Gasteiger charge is 2.46. The van der Waals surface area contributed by atoms with Crippen LogP contribution in [0, 0.1) is 0 Å². The molecule has 1 aliphatic rings. The highest BCUT2D eigenvalue weighted by atomic mass is 15.1. The molecule has 3 heterocycles. The number of aromatic nitrogens is 3. The van der Waals surface area contributed by atoms with Gasteiger partial charge >= 0.3 is 0 Å². The summed E-state index contributed by atoms with van der Waals surface area (Å²) >= 11 is 0. The molecule has 13 rings (SSSR count). The Morgan fingerprint density at radius 2 is 0.985 bits per heavy atom. The summed E-state index contributed by atoms with van der Waals surface area (Å²) in [6, 6.07) is 86.5. The number of para-hydroxylation sites is 2. The second-order valence-corrected chi connectivity index (χ2v) is 17.2. The van der Waals surface area contributed by atoms with Crippen molar-refractivity contribution in [2.24, 2.45) is 0 Å². The molecule has 0 amide bonds. The Hall–Kier alpha value is -8.73. The van der Waals surface area contributed by atoms with Crippen LogP contribution in [-0.2, 0) is 5.41 Å². The second-order valence-electron chi connectivity index (χ2n) is 17.2. The van der Waals surface area contributed by atoms with E-state index in [0.29, 0.717) is 0 Å². The van der Waals surface area contributed by atoms with Gasteiger partial charge in [-0.05, 0) is 136 Å². The topological polar surface area (TPSA) is 26.0 Å². The predicted octanol–water partition coefficient (Wildman–Crippen LogP) is 15.6. The van der Waals surface area contributed by atoms with Crippen molar-refractivity contribution >= 4 is 49.8 Å². The van der Waals surface area contributed by atoms with E-state index in [1.807, 2.05) is 18.5 Å². The van der Waals surface area contributed by atoms with E-state index in [-0.39, 0.29) is 0 Å². The molecule has 0 aliphatic heterocycles. The standard InChI is InChI=1S/C62H42N4/c1-5-17-45(18-6-1)62(46-19-7-2-8-20-46)56-26-14-13-25-52(56)53-33-31-51(41-57(53)62)65(49-29-27-43(28-30-49)44-16-15-38-63-42-44)50-32-34-59-55(40-50)61-54-37-39-64(47-21-9-3-10-22-47)58(54)35-36-60(61)66(59)48-23-11-4-12-24-48/h1-42H. The van der Waals surface area contributed by atoms with E-state index in [9.17, 15) is 0 Å². The van der Waals surface area contributed by atoms with Gasteiger partial charge in [-0.25, -0.2) is 0 Å². The monoisotopic (exact) mass is 842 g/mol. The molecular weight excluding hydrogens is 801 g/mol. The number of benzene rings is 9. The predicted molar refractivity (Wildman–Crippen MR) is 273 cm³/mol. The summed E-state index contributed by atoms with van der Waals surface area (Å²) in [6.45, 7) is 0. The van der Waals surface area contributed by atoms with Gasteiger partial charge in [-0.3, -0.25) is 4.98 Å². The van der Waals surface area contributed by atoms with Crippen LogP contribution in [0.2, 0.25) is 0 Å². The van der Waals surface area contributed by atoms with Gasteiger partial charge < -0.3 is 14.0 Å². The maximum Gasteiger partial charge on any atom is 0.0714 e. The highest BCUT2D eigenvalue weighted by molar-refractivity contribution is 6.22. The summed E-state index contributed by atoms with van der Waals surface area (Å²) in [5.41, 5.74) is 18.2. The summed E-state index contributed by atoms with van der Waals surface area (Å²) < 4.78 is 4.72. The Labute approximate surface area is 383 Å². The molecular formula is C62H42N4. The number of rotatable bonds is 8. The number of hydrogen-bond donors (Lipinski definition) is 0. The fraction of sp³-hybridized carbons (Fsp3) is 0.0161. The minimum atomic E-state index is -0.537. The average molecular weight is 843 g/mol. The molecule has 0 bridgehead atoms. The van der Waals surface area contributed by atoms with Crippen molar-refractivity contribution in [1.82, 2.24) is 14.1 Å². The first-order valence-electron chi connectivity index (χ1n) is 22.6. The number of pyridine rings is 1. The Balaban J connectivity index is 1.08. The van der Waals surface area contributed by atoms with E-state index in [4.69, 9.17) is 0 Å². The lowest BCUT2D eigenvalue weighted by molar-refractivity contribution is 0.768. The Bertz CT molecular complexity index is 3690. The highest BCUT2D eigenvalue weighted by Crippen LogP contribution is 2.57. The number of anilines is 3. The number of hydrogen-bond acceptors (Lipinski definition) is 2.